The molecule has 0 unspecified atom stereocenters. The smallest absolute Gasteiger partial charge is 0.255 e. The number of amides is 1. The third-order valence-corrected chi connectivity index (χ3v) is 7.15. The lowest BCUT2D eigenvalue weighted by molar-refractivity contribution is 0.0672. The maximum absolute atomic E-state index is 13.2. The van der Waals surface area contributed by atoms with Crippen LogP contribution in [0.5, 0.6) is 0 Å². The van der Waals surface area contributed by atoms with Gasteiger partial charge in [0.15, 0.2) is 0 Å². The van der Waals surface area contributed by atoms with Crippen molar-refractivity contribution in [3.8, 4) is 0 Å². The predicted molar refractivity (Wildman–Crippen MR) is 150 cm³/mol. The quantitative estimate of drug-likeness (QED) is 0.241. The molecule has 1 saturated heterocycles. The van der Waals surface area contributed by atoms with Gasteiger partial charge in [-0.15, -0.1) is 0 Å². The second-order valence-corrected chi connectivity index (χ2v) is 9.81. The van der Waals surface area contributed by atoms with Crippen molar-refractivity contribution in [3.05, 3.63) is 126 Å². The Morgan fingerprint density at radius 3 is 2.28 bits per heavy atom. The predicted octanol–water partition coefficient (Wildman–Crippen LogP) is 6.46. The number of hydrogen-bond donors (Lipinski definition) is 0. The normalized spacial score (nSPS) is 13.9. The number of carbonyl (C=O) groups excluding carboxylic acids is 1. The van der Waals surface area contributed by atoms with Crippen molar-refractivity contribution < 1.29 is 4.79 Å². The van der Waals surface area contributed by atoms with Crippen molar-refractivity contribution in [2.75, 3.05) is 30.5 Å². The molecule has 184 valence electrons. The third-order valence-electron chi connectivity index (χ3n) is 5.88. The molecular formula is C29H29ClN4OS. The van der Waals surface area contributed by atoms with Gasteiger partial charge in [-0.05, 0) is 66.1 Å². The number of aromatic nitrogens is 1. The van der Waals surface area contributed by atoms with Crippen molar-refractivity contribution in [2.45, 2.75) is 11.4 Å². The molecule has 1 aliphatic heterocycles. The van der Waals surface area contributed by atoms with E-state index in [1.165, 1.54) is 0 Å². The van der Waals surface area contributed by atoms with E-state index in [4.69, 9.17) is 11.6 Å². The Bertz CT molecular complexity index is 1200. The summed E-state index contributed by atoms with van der Waals surface area (Å²) in [7, 11) is 0. The van der Waals surface area contributed by atoms with Crippen molar-refractivity contribution in [1.29, 1.82) is 0 Å². The van der Waals surface area contributed by atoms with Gasteiger partial charge >= 0.3 is 0 Å². The van der Waals surface area contributed by atoms with Gasteiger partial charge in [-0.1, -0.05) is 61.2 Å². The minimum atomic E-state index is 0.00140. The van der Waals surface area contributed by atoms with Gasteiger partial charge in [0.2, 0.25) is 0 Å². The Hall–Kier alpha value is -3.48. The van der Waals surface area contributed by atoms with Crippen LogP contribution in [0.25, 0.3) is 0 Å². The molecule has 1 amide bonds. The highest BCUT2D eigenvalue weighted by molar-refractivity contribution is 8.00. The molecule has 0 saturated carbocycles. The molecule has 1 aromatic heterocycles. The van der Waals surface area contributed by atoms with E-state index in [1.807, 2.05) is 71.6 Å². The summed E-state index contributed by atoms with van der Waals surface area (Å²) < 4.78 is 2.12. The minimum absolute atomic E-state index is 0.00140. The minimum Gasteiger partial charge on any atom is -0.368 e. The first-order chi connectivity index (χ1) is 17.6. The second-order valence-electron chi connectivity index (χ2n) is 8.28. The average Bonchev–Trinajstić information content (AvgIpc) is 2.93. The van der Waals surface area contributed by atoms with Crippen LogP contribution in [0, 0.1) is 0 Å². The average molecular weight is 517 g/mol. The fraction of sp³-hybridized carbons (Fsp3) is 0.172. The second kappa shape index (κ2) is 12.5. The van der Waals surface area contributed by atoms with Gasteiger partial charge in [-0.3, -0.25) is 9.10 Å². The van der Waals surface area contributed by atoms with Crippen LogP contribution in [-0.2, 0) is 6.54 Å². The molecule has 4 rings (SSSR count). The summed E-state index contributed by atoms with van der Waals surface area (Å²) >= 11 is 7.68. The Labute approximate surface area is 222 Å². The van der Waals surface area contributed by atoms with Crippen LogP contribution >= 0.6 is 23.5 Å². The maximum Gasteiger partial charge on any atom is 0.255 e. The van der Waals surface area contributed by atoms with Crippen LogP contribution in [0.15, 0.2) is 115 Å². The summed E-state index contributed by atoms with van der Waals surface area (Å²) in [5.74, 6) is 0.784. The molecule has 0 radical (unpaired) electrons. The third kappa shape index (κ3) is 6.59. The summed E-state index contributed by atoms with van der Waals surface area (Å²) in [6.45, 7) is 11.1. The molecule has 5 nitrogen and oxygen atoms in total. The van der Waals surface area contributed by atoms with Gasteiger partial charge in [-0.2, -0.15) is 0 Å². The molecule has 0 N–H and O–H groups in total. The fourth-order valence-corrected chi connectivity index (χ4v) is 5.03. The van der Waals surface area contributed by atoms with Gasteiger partial charge in [0, 0.05) is 48.0 Å². The Balaban J connectivity index is 1.46. The van der Waals surface area contributed by atoms with E-state index in [0.717, 1.165) is 35.1 Å². The lowest BCUT2D eigenvalue weighted by atomic mass is 10.2. The molecule has 0 spiro atoms. The lowest BCUT2D eigenvalue weighted by Gasteiger charge is -2.36. The van der Waals surface area contributed by atoms with Crippen molar-refractivity contribution >= 4 is 35.3 Å². The fourth-order valence-electron chi connectivity index (χ4n) is 3.96. The largest absolute Gasteiger partial charge is 0.368 e. The number of allylic oxidation sites excluding steroid dienone is 3. The Morgan fingerprint density at radius 2 is 1.67 bits per heavy atom. The Kier molecular flexibility index (Phi) is 8.87. The standard InChI is InChI=1S/C29H29ClN4OS/c1-3-8-26(4-2)32-17-19-33(20-18-32)29(35)24-13-16-28(31-21-24)34(36-27-9-6-5-7-10-27)22-23-11-14-25(30)15-12-23/h3-16,21H,1-2,17-20,22H2/b26-8+. The summed E-state index contributed by atoms with van der Waals surface area (Å²) in [6, 6.07) is 21.8. The number of nitrogens with zero attached hydrogens (tertiary/aromatic N) is 4. The van der Waals surface area contributed by atoms with Gasteiger partial charge in [0.25, 0.3) is 5.91 Å². The number of halogens is 1. The number of hydrogen-bond acceptors (Lipinski definition) is 5. The van der Waals surface area contributed by atoms with Crippen molar-refractivity contribution in [2.24, 2.45) is 0 Å². The highest BCUT2D eigenvalue weighted by Gasteiger charge is 2.23. The molecule has 1 aliphatic rings. The molecule has 0 atom stereocenters. The summed E-state index contributed by atoms with van der Waals surface area (Å²) in [5, 5.41) is 0.709. The molecule has 2 aromatic carbocycles. The van der Waals surface area contributed by atoms with E-state index in [-0.39, 0.29) is 5.91 Å². The van der Waals surface area contributed by atoms with Crippen LogP contribution in [0.4, 0.5) is 5.82 Å². The van der Waals surface area contributed by atoms with E-state index in [0.29, 0.717) is 30.2 Å². The number of pyridine rings is 1. The summed E-state index contributed by atoms with van der Waals surface area (Å²) in [5.41, 5.74) is 2.74. The molecular weight excluding hydrogens is 488 g/mol. The number of anilines is 1. The molecule has 2 heterocycles. The van der Waals surface area contributed by atoms with E-state index in [1.54, 1.807) is 24.2 Å². The topological polar surface area (TPSA) is 39.7 Å². The number of benzene rings is 2. The molecule has 0 bridgehead atoms. The number of carbonyl (C=O) groups is 1. The van der Waals surface area contributed by atoms with E-state index in [2.05, 4.69) is 39.5 Å². The highest BCUT2D eigenvalue weighted by Crippen LogP contribution is 2.30. The number of rotatable bonds is 9. The van der Waals surface area contributed by atoms with Gasteiger partial charge < -0.3 is 9.80 Å². The van der Waals surface area contributed by atoms with Gasteiger partial charge in [-0.25, -0.2) is 4.98 Å². The van der Waals surface area contributed by atoms with E-state index < -0.39 is 0 Å². The summed E-state index contributed by atoms with van der Waals surface area (Å²) in [6.07, 6.45) is 7.20. The Morgan fingerprint density at radius 1 is 0.972 bits per heavy atom. The lowest BCUT2D eigenvalue weighted by Crippen LogP contribution is -2.48. The molecule has 3 aromatic rings. The molecule has 1 fully saturated rings. The summed E-state index contributed by atoms with van der Waals surface area (Å²) in [4.78, 5) is 23.0. The van der Waals surface area contributed by atoms with Crippen LogP contribution in [0.2, 0.25) is 5.02 Å². The van der Waals surface area contributed by atoms with E-state index in [9.17, 15) is 4.79 Å². The number of piperazine rings is 1. The zero-order valence-corrected chi connectivity index (χ0v) is 21.7. The first kappa shape index (κ1) is 25.6. The van der Waals surface area contributed by atoms with E-state index >= 15 is 0 Å². The molecule has 36 heavy (non-hydrogen) atoms. The first-order valence-electron chi connectivity index (χ1n) is 11.8. The molecule has 7 heteroatoms. The van der Waals surface area contributed by atoms with Crippen LogP contribution < -0.4 is 4.31 Å². The van der Waals surface area contributed by atoms with Gasteiger partial charge in [0.05, 0.1) is 12.1 Å². The van der Waals surface area contributed by atoms with Crippen molar-refractivity contribution in [1.82, 2.24) is 14.8 Å². The zero-order valence-electron chi connectivity index (χ0n) is 20.1. The van der Waals surface area contributed by atoms with Gasteiger partial charge in [0.1, 0.15) is 5.82 Å². The monoisotopic (exact) mass is 516 g/mol. The SMILES string of the molecule is C=C/C=C(\C=C)N1CCN(C(=O)c2ccc(N(Cc3ccc(Cl)cc3)Sc3ccccc3)nc2)CC1. The zero-order chi connectivity index (χ0) is 25.3. The van der Waals surface area contributed by atoms with Crippen molar-refractivity contribution in [3.63, 3.8) is 0 Å². The highest BCUT2D eigenvalue weighted by atomic mass is 35.5. The van der Waals surface area contributed by atoms with Crippen LogP contribution in [0.3, 0.4) is 0 Å². The molecule has 0 aliphatic carbocycles. The van der Waals surface area contributed by atoms with Crippen LogP contribution in [0.1, 0.15) is 15.9 Å². The van der Waals surface area contributed by atoms with Crippen LogP contribution in [-0.4, -0.2) is 46.9 Å². The maximum atomic E-state index is 13.2. The first-order valence-corrected chi connectivity index (χ1v) is 12.9.